The van der Waals surface area contributed by atoms with E-state index in [2.05, 4.69) is 21.2 Å². The Balaban J connectivity index is 1.81. The fourth-order valence-corrected chi connectivity index (χ4v) is 2.97. The molecule has 17 heavy (non-hydrogen) atoms. The summed E-state index contributed by atoms with van der Waals surface area (Å²) < 4.78 is 14.1. The monoisotopic (exact) mass is 297 g/mol. The lowest BCUT2D eigenvalue weighted by atomic mass is 10.1. The van der Waals surface area contributed by atoms with E-state index in [0.717, 1.165) is 23.1 Å². The van der Waals surface area contributed by atoms with E-state index in [9.17, 15) is 4.39 Å². The summed E-state index contributed by atoms with van der Waals surface area (Å²) in [4.78, 5) is 0. The van der Waals surface area contributed by atoms with Gasteiger partial charge in [0.15, 0.2) is 0 Å². The molecule has 0 aromatic heterocycles. The van der Waals surface area contributed by atoms with Gasteiger partial charge in [-0.3, -0.25) is 0 Å². The van der Waals surface area contributed by atoms with E-state index in [1.165, 1.54) is 25.7 Å². The fourth-order valence-electron chi connectivity index (χ4n) is 2.51. The highest BCUT2D eigenvalue weighted by atomic mass is 79.9. The molecule has 0 spiro atoms. The quantitative estimate of drug-likeness (QED) is 0.863. The van der Waals surface area contributed by atoms with Crippen molar-refractivity contribution in [1.29, 1.82) is 0 Å². The number of anilines is 1. The van der Waals surface area contributed by atoms with Gasteiger partial charge >= 0.3 is 0 Å². The Morgan fingerprint density at radius 1 is 1.24 bits per heavy atom. The first-order valence-electron chi connectivity index (χ1n) is 6.37. The van der Waals surface area contributed by atoms with E-state index in [1.54, 1.807) is 6.07 Å². The van der Waals surface area contributed by atoms with Crippen molar-refractivity contribution in [2.45, 2.75) is 38.6 Å². The Morgan fingerprint density at radius 3 is 2.35 bits per heavy atom. The number of hydrogen-bond acceptors (Lipinski definition) is 1. The normalized spacial score (nSPS) is 19.8. The number of benzene rings is 1. The second-order valence-electron chi connectivity index (χ2n) is 5.43. The predicted molar refractivity (Wildman–Crippen MR) is 71.7 cm³/mol. The summed E-state index contributed by atoms with van der Waals surface area (Å²) in [6, 6.07) is 4.06. The zero-order valence-corrected chi connectivity index (χ0v) is 11.6. The van der Waals surface area contributed by atoms with Crippen molar-refractivity contribution in [3.05, 3.63) is 28.0 Å². The van der Waals surface area contributed by atoms with Crippen LogP contribution >= 0.6 is 15.9 Å². The first-order valence-corrected chi connectivity index (χ1v) is 7.16. The van der Waals surface area contributed by atoms with Gasteiger partial charge in [-0.15, -0.1) is 0 Å². The van der Waals surface area contributed by atoms with Crippen molar-refractivity contribution in [2.24, 2.45) is 11.8 Å². The molecule has 0 amide bonds. The topological polar surface area (TPSA) is 12.0 Å². The van der Waals surface area contributed by atoms with Crippen molar-refractivity contribution in [1.82, 2.24) is 0 Å². The van der Waals surface area contributed by atoms with E-state index < -0.39 is 0 Å². The molecule has 1 aromatic rings. The fraction of sp³-hybridized carbons (Fsp3) is 0.571. The van der Waals surface area contributed by atoms with Crippen LogP contribution in [0.3, 0.4) is 0 Å². The molecule has 2 aliphatic rings. The summed E-state index contributed by atoms with van der Waals surface area (Å²) in [5.41, 5.74) is 2.08. The minimum atomic E-state index is -0.177. The summed E-state index contributed by atoms with van der Waals surface area (Å²) >= 11 is 3.23. The van der Waals surface area contributed by atoms with Gasteiger partial charge in [0.05, 0.1) is 4.47 Å². The Hall–Kier alpha value is -0.570. The lowest BCUT2D eigenvalue weighted by Gasteiger charge is -2.20. The molecule has 0 heterocycles. The zero-order chi connectivity index (χ0) is 12.0. The summed E-state index contributed by atoms with van der Waals surface area (Å²) in [6.45, 7) is 2.03. The number of aryl methyl sites for hydroxylation is 1. The van der Waals surface area contributed by atoms with E-state index in [4.69, 9.17) is 0 Å². The maximum Gasteiger partial charge on any atom is 0.139 e. The molecule has 2 saturated carbocycles. The molecular weight excluding hydrogens is 281 g/mol. The van der Waals surface area contributed by atoms with Gasteiger partial charge in [0.1, 0.15) is 5.82 Å². The van der Waals surface area contributed by atoms with E-state index in [-0.39, 0.29) is 5.82 Å². The average Bonchev–Trinajstić information content (AvgIpc) is 3.15. The number of hydrogen-bond donors (Lipinski definition) is 1. The molecule has 0 radical (unpaired) electrons. The van der Waals surface area contributed by atoms with Crippen molar-refractivity contribution in [3.8, 4) is 0 Å². The molecular formula is C14H17BrFN. The van der Waals surface area contributed by atoms with Crippen LogP contribution in [0.25, 0.3) is 0 Å². The molecule has 0 saturated heterocycles. The minimum Gasteiger partial charge on any atom is -0.381 e. The van der Waals surface area contributed by atoms with E-state index >= 15 is 0 Å². The molecule has 3 rings (SSSR count). The summed E-state index contributed by atoms with van der Waals surface area (Å²) in [5.74, 6) is 1.48. The molecule has 0 unspecified atom stereocenters. The summed E-state index contributed by atoms with van der Waals surface area (Å²) in [7, 11) is 0. The number of rotatable bonds is 4. The highest BCUT2D eigenvalue weighted by Crippen LogP contribution is 2.46. The van der Waals surface area contributed by atoms with E-state index in [1.807, 2.05) is 13.0 Å². The lowest BCUT2D eigenvalue weighted by Crippen LogP contribution is -2.24. The van der Waals surface area contributed by atoms with Gasteiger partial charge in [0.25, 0.3) is 0 Å². The van der Waals surface area contributed by atoms with Crippen LogP contribution < -0.4 is 5.32 Å². The smallest absolute Gasteiger partial charge is 0.139 e. The SMILES string of the molecule is Cc1cc(Br)c(F)cc1NC(C1CC1)C1CC1. The molecule has 0 bridgehead atoms. The van der Waals surface area contributed by atoms with Gasteiger partial charge in [-0.2, -0.15) is 0 Å². The lowest BCUT2D eigenvalue weighted by molar-refractivity contribution is 0.565. The van der Waals surface area contributed by atoms with Crippen LogP contribution in [0, 0.1) is 24.6 Å². The van der Waals surface area contributed by atoms with Gasteiger partial charge in [0.2, 0.25) is 0 Å². The van der Waals surface area contributed by atoms with E-state index in [0.29, 0.717) is 10.5 Å². The molecule has 0 atom stereocenters. The largest absolute Gasteiger partial charge is 0.381 e. The molecule has 3 heteroatoms. The van der Waals surface area contributed by atoms with Gasteiger partial charge in [-0.25, -0.2) is 4.39 Å². The van der Waals surface area contributed by atoms with Crippen LogP contribution in [0.1, 0.15) is 31.2 Å². The second-order valence-corrected chi connectivity index (χ2v) is 6.28. The van der Waals surface area contributed by atoms with Crippen molar-refractivity contribution >= 4 is 21.6 Å². The maximum atomic E-state index is 13.6. The van der Waals surface area contributed by atoms with Gasteiger partial charge in [-0.1, -0.05) is 0 Å². The van der Waals surface area contributed by atoms with Crippen LogP contribution in [0.2, 0.25) is 0 Å². The molecule has 92 valence electrons. The van der Waals surface area contributed by atoms with Crippen molar-refractivity contribution < 1.29 is 4.39 Å². The Kier molecular flexibility index (Phi) is 2.89. The number of nitrogens with one attached hydrogen (secondary N) is 1. The Morgan fingerprint density at radius 2 is 1.82 bits per heavy atom. The van der Waals surface area contributed by atoms with Gasteiger partial charge < -0.3 is 5.32 Å². The predicted octanol–water partition coefficient (Wildman–Crippen LogP) is 4.50. The van der Waals surface area contributed by atoms with Crippen LogP contribution in [0.5, 0.6) is 0 Å². The first kappa shape index (κ1) is 11.5. The average molecular weight is 298 g/mol. The third kappa shape index (κ3) is 2.49. The Labute approximate surface area is 110 Å². The maximum absolute atomic E-state index is 13.6. The Bertz CT molecular complexity index is 426. The van der Waals surface area contributed by atoms with Crippen LogP contribution in [-0.4, -0.2) is 6.04 Å². The minimum absolute atomic E-state index is 0.177. The van der Waals surface area contributed by atoms with Crippen molar-refractivity contribution in [2.75, 3.05) is 5.32 Å². The highest BCUT2D eigenvalue weighted by molar-refractivity contribution is 9.10. The second kappa shape index (κ2) is 4.27. The first-order chi connectivity index (χ1) is 8.15. The third-order valence-electron chi connectivity index (χ3n) is 3.85. The van der Waals surface area contributed by atoms with Crippen LogP contribution in [0.4, 0.5) is 10.1 Å². The van der Waals surface area contributed by atoms with Crippen LogP contribution in [-0.2, 0) is 0 Å². The molecule has 1 nitrogen and oxygen atoms in total. The summed E-state index contributed by atoms with van der Waals surface area (Å²) in [6.07, 6.45) is 5.36. The standard InChI is InChI=1S/C14H17BrFN/c1-8-6-11(15)12(16)7-13(8)17-14(9-2-3-9)10-4-5-10/h6-7,9-10,14,17H,2-5H2,1H3. The summed E-state index contributed by atoms with van der Waals surface area (Å²) in [5, 5.41) is 3.58. The zero-order valence-electron chi connectivity index (χ0n) is 9.97. The third-order valence-corrected chi connectivity index (χ3v) is 4.46. The highest BCUT2D eigenvalue weighted by Gasteiger charge is 2.41. The van der Waals surface area contributed by atoms with Crippen molar-refractivity contribution in [3.63, 3.8) is 0 Å². The molecule has 2 fully saturated rings. The van der Waals surface area contributed by atoms with Crippen LogP contribution in [0.15, 0.2) is 16.6 Å². The molecule has 2 aliphatic carbocycles. The molecule has 1 N–H and O–H groups in total. The molecule has 0 aliphatic heterocycles. The molecule has 1 aromatic carbocycles. The van der Waals surface area contributed by atoms with Gasteiger partial charge in [-0.05, 0) is 78.1 Å². The number of halogens is 2. The van der Waals surface area contributed by atoms with Gasteiger partial charge in [0, 0.05) is 11.7 Å².